The second kappa shape index (κ2) is 9.11. The molecule has 0 aliphatic carbocycles. The van der Waals surface area contributed by atoms with E-state index >= 15 is 0 Å². The van der Waals surface area contributed by atoms with Gasteiger partial charge in [-0.25, -0.2) is 14.2 Å². The second-order valence-corrected chi connectivity index (χ2v) is 7.16. The van der Waals surface area contributed by atoms with Crippen LogP contribution in [-0.4, -0.2) is 34.3 Å². The van der Waals surface area contributed by atoms with Crippen molar-refractivity contribution in [2.24, 2.45) is 0 Å². The predicted octanol–water partition coefficient (Wildman–Crippen LogP) is 4.49. The largest absolute Gasteiger partial charge is 0.451 e. The van der Waals surface area contributed by atoms with Gasteiger partial charge in [-0.05, 0) is 55.1 Å². The van der Waals surface area contributed by atoms with E-state index in [0.29, 0.717) is 27.1 Å². The molecular formula is C20H17ClFN3O3S. The molecule has 0 atom stereocenters. The van der Waals surface area contributed by atoms with Gasteiger partial charge in [0.2, 0.25) is 0 Å². The van der Waals surface area contributed by atoms with Gasteiger partial charge in [0.05, 0.1) is 6.20 Å². The molecule has 29 heavy (non-hydrogen) atoms. The minimum Gasteiger partial charge on any atom is -0.451 e. The number of carbonyl (C=O) groups is 2. The molecule has 0 unspecified atom stereocenters. The number of benzene rings is 2. The summed E-state index contributed by atoms with van der Waals surface area (Å²) in [5, 5.41) is 3.71. The van der Waals surface area contributed by atoms with Crippen LogP contribution in [0.25, 0.3) is 5.69 Å². The lowest BCUT2D eigenvalue weighted by atomic mass is 10.2. The Balaban J connectivity index is 1.73. The quantitative estimate of drug-likeness (QED) is 0.458. The summed E-state index contributed by atoms with van der Waals surface area (Å²) in [6.07, 6.45) is 3.16. The lowest BCUT2D eigenvalue weighted by Gasteiger charge is -2.12. The highest BCUT2D eigenvalue weighted by Crippen LogP contribution is 2.24. The molecule has 150 valence electrons. The van der Waals surface area contributed by atoms with Crippen LogP contribution in [0.5, 0.6) is 0 Å². The number of rotatable bonds is 6. The molecule has 1 N–H and O–H groups in total. The van der Waals surface area contributed by atoms with Gasteiger partial charge in [0.1, 0.15) is 5.82 Å². The molecule has 0 radical (unpaired) electrons. The fourth-order valence-electron chi connectivity index (χ4n) is 2.60. The van der Waals surface area contributed by atoms with Gasteiger partial charge in [-0.1, -0.05) is 29.4 Å². The maximum absolute atomic E-state index is 13.2. The Morgan fingerprint density at radius 3 is 2.66 bits per heavy atom. The van der Waals surface area contributed by atoms with E-state index < -0.39 is 24.3 Å². The number of nitrogens with zero attached hydrogens (tertiary/aromatic N) is 2. The third-order valence-corrected chi connectivity index (χ3v) is 5.14. The van der Waals surface area contributed by atoms with Gasteiger partial charge in [0, 0.05) is 16.4 Å². The highest BCUT2D eigenvalue weighted by atomic mass is 35.5. The second-order valence-electron chi connectivity index (χ2n) is 5.98. The number of carbonyl (C=O) groups excluding carboxylic acids is 2. The Labute approximate surface area is 176 Å². The molecule has 0 saturated carbocycles. The van der Waals surface area contributed by atoms with Crippen molar-refractivity contribution in [3.8, 4) is 5.69 Å². The van der Waals surface area contributed by atoms with Crippen LogP contribution in [-0.2, 0) is 9.53 Å². The van der Waals surface area contributed by atoms with Crippen molar-refractivity contribution in [1.29, 1.82) is 0 Å². The molecule has 0 saturated heterocycles. The zero-order valence-electron chi connectivity index (χ0n) is 15.6. The number of aromatic nitrogens is 2. The molecule has 3 aromatic rings. The fourth-order valence-corrected chi connectivity index (χ4v) is 3.32. The smallest absolute Gasteiger partial charge is 0.357 e. The average molecular weight is 434 g/mol. The van der Waals surface area contributed by atoms with Crippen LogP contribution in [0.4, 0.5) is 10.1 Å². The summed E-state index contributed by atoms with van der Waals surface area (Å²) >= 11 is 7.35. The van der Waals surface area contributed by atoms with Crippen LogP contribution in [0.15, 0.2) is 53.8 Å². The molecule has 0 aliphatic rings. The van der Waals surface area contributed by atoms with Gasteiger partial charge in [-0.3, -0.25) is 9.36 Å². The van der Waals surface area contributed by atoms with E-state index in [2.05, 4.69) is 10.3 Å². The molecule has 0 spiro atoms. The van der Waals surface area contributed by atoms with Crippen LogP contribution in [0, 0.1) is 12.7 Å². The zero-order chi connectivity index (χ0) is 21.0. The Morgan fingerprint density at radius 1 is 1.24 bits per heavy atom. The Morgan fingerprint density at radius 2 is 1.97 bits per heavy atom. The van der Waals surface area contributed by atoms with E-state index in [4.69, 9.17) is 16.3 Å². The molecule has 1 heterocycles. The summed E-state index contributed by atoms with van der Waals surface area (Å²) < 4.78 is 19.9. The van der Waals surface area contributed by atoms with Crippen molar-refractivity contribution < 1.29 is 18.7 Å². The normalized spacial score (nSPS) is 10.6. The van der Waals surface area contributed by atoms with E-state index in [0.717, 1.165) is 0 Å². The lowest BCUT2D eigenvalue weighted by Crippen LogP contribution is -2.22. The third kappa shape index (κ3) is 4.78. The maximum Gasteiger partial charge on any atom is 0.357 e. The van der Waals surface area contributed by atoms with Crippen LogP contribution in [0.1, 0.15) is 16.1 Å². The first-order chi connectivity index (χ1) is 13.9. The van der Waals surface area contributed by atoms with E-state index in [1.54, 1.807) is 35.9 Å². The first-order valence-electron chi connectivity index (χ1n) is 8.50. The number of hydrogen-bond donors (Lipinski definition) is 1. The molecule has 1 aromatic heterocycles. The van der Waals surface area contributed by atoms with Crippen LogP contribution in [0.3, 0.4) is 0 Å². The topological polar surface area (TPSA) is 73.2 Å². The highest BCUT2D eigenvalue weighted by Gasteiger charge is 2.20. The minimum atomic E-state index is -0.722. The summed E-state index contributed by atoms with van der Waals surface area (Å²) in [6.45, 7) is 1.29. The van der Waals surface area contributed by atoms with Gasteiger partial charge in [-0.15, -0.1) is 0 Å². The van der Waals surface area contributed by atoms with Crippen molar-refractivity contribution in [3.05, 3.63) is 70.8 Å². The van der Waals surface area contributed by atoms with E-state index in [1.165, 1.54) is 42.2 Å². The SMILES string of the molecule is CSc1ncc(C(=O)OCC(=O)Nc2cccc(Cl)c2C)n1-c1ccc(F)cc1. The molecule has 0 bridgehead atoms. The molecule has 3 rings (SSSR count). The number of thioether (sulfide) groups is 1. The van der Waals surface area contributed by atoms with Crippen molar-refractivity contribution in [3.63, 3.8) is 0 Å². The van der Waals surface area contributed by atoms with Crippen LogP contribution < -0.4 is 5.32 Å². The summed E-state index contributed by atoms with van der Waals surface area (Å²) in [5.74, 6) is -1.61. The molecule has 6 nitrogen and oxygen atoms in total. The molecule has 1 amide bonds. The van der Waals surface area contributed by atoms with Crippen molar-refractivity contribution >= 4 is 40.9 Å². The van der Waals surface area contributed by atoms with Crippen LogP contribution in [0.2, 0.25) is 5.02 Å². The summed E-state index contributed by atoms with van der Waals surface area (Å²) in [6, 6.07) is 10.8. The van der Waals surface area contributed by atoms with Gasteiger partial charge >= 0.3 is 5.97 Å². The average Bonchev–Trinajstić information content (AvgIpc) is 3.14. The fraction of sp³-hybridized carbons (Fsp3) is 0.150. The number of hydrogen-bond acceptors (Lipinski definition) is 5. The number of imidazole rings is 1. The first kappa shape index (κ1) is 20.9. The number of halogens is 2. The van der Waals surface area contributed by atoms with Crippen molar-refractivity contribution in [2.45, 2.75) is 12.1 Å². The van der Waals surface area contributed by atoms with Crippen LogP contribution >= 0.6 is 23.4 Å². The van der Waals surface area contributed by atoms with Gasteiger partial charge in [0.15, 0.2) is 17.5 Å². The van der Waals surface area contributed by atoms with Gasteiger partial charge in [-0.2, -0.15) is 0 Å². The highest BCUT2D eigenvalue weighted by molar-refractivity contribution is 7.98. The van der Waals surface area contributed by atoms with Crippen molar-refractivity contribution in [1.82, 2.24) is 9.55 Å². The van der Waals surface area contributed by atoms with Crippen molar-refractivity contribution in [2.75, 3.05) is 18.2 Å². The van der Waals surface area contributed by atoms with Gasteiger partial charge in [0.25, 0.3) is 5.91 Å². The Bertz CT molecular complexity index is 1050. The summed E-state index contributed by atoms with van der Waals surface area (Å²) in [4.78, 5) is 28.9. The monoisotopic (exact) mass is 433 g/mol. The number of ether oxygens (including phenoxy) is 1. The first-order valence-corrected chi connectivity index (χ1v) is 10.1. The lowest BCUT2D eigenvalue weighted by molar-refractivity contribution is -0.119. The molecule has 0 aliphatic heterocycles. The molecule has 2 aromatic carbocycles. The Kier molecular flexibility index (Phi) is 6.56. The van der Waals surface area contributed by atoms with E-state index in [1.807, 2.05) is 0 Å². The number of nitrogens with one attached hydrogen (secondary N) is 1. The summed E-state index contributed by atoms with van der Waals surface area (Å²) in [5.41, 5.74) is 1.94. The number of esters is 1. The van der Waals surface area contributed by atoms with E-state index in [-0.39, 0.29) is 5.69 Å². The van der Waals surface area contributed by atoms with E-state index in [9.17, 15) is 14.0 Å². The molecule has 9 heteroatoms. The number of anilines is 1. The minimum absolute atomic E-state index is 0.132. The number of amides is 1. The molecule has 0 fully saturated rings. The molecular weight excluding hydrogens is 417 g/mol. The predicted molar refractivity (Wildman–Crippen MR) is 110 cm³/mol. The standard InChI is InChI=1S/C20H17ClFN3O3S/c1-12-15(21)4-3-5-16(12)24-18(26)11-28-19(27)17-10-23-20(29-2)25(17)14-8-6-13(22)7-9-14/h3-10H,11H2,1-2H3,(H,24,26). The zero-order valence-corrected chi connectivity index (χ0v) is 17.2. The van der Waals surface area contributed by atoms with Gasteiger partial charge < -0.3 is 10.1 Å². The Hall–Kier alpha value is -2.84. The third-order valence-electron chi connectivity index (χ3n) is 4.08. The maximum atomic E-state index is 13.2. The summed E-state index contributed by atoms with van der Waals surface area (Å²) in [7, 11) is 0.